The Morgan fingerprint density at radius 3 is 1.03 bits per heavy atom. The SMILES string of the molecule is CCCCCCCCCC(CCCCCCCCOC(=O)c1ccccc1N/N=C1\C(=O)N(c2ccc(C(=O)Nc3ccc(C)cc3)cc2)N=C1C)C(CCCCCCCCC)CCCCCCCCOC(=O)c1ccccc1N/N=C1\C(=O)N(c2ccc(C(=O)Nc3ccc(C)cc3)cc2)N=C1C. The standard InChI is InChI=1S/C86H112N10O8/c1-7-9-11-13-15-21-27-37-67(39-29-23-17-19-25-35-61-103-85(101)75-41-31-33-43-77(75)89-91-79-65(5)93-95(83(79)99)73-57-49-69(50-58-73)81(97)87-71-53-45-63(3)46-54-71)68(38-28-22-16-14-12-10-8-2)40-30-24-18-20-26-36-62-104-86(102)76-42-32-34-44-78(76)90-92-80-66(6)94-96(84(80)100)74-59-51-70(52-60-74)82(98)88-72-55-47-64(4)48-56-72/h31-34,41-60,67-68,89-90H,7-30,35-40,61-62H2,1-6H3,(H,87,97)(H,88,98)/b91-79-,92-80-. The lowest BCUT2D eigenvalue weighted by molar-refractivity contribution is -0.112. The van der Waals surface area contributed by atoms with Crippen molar-refractivity contribution in [1.82, 2.24) is 0 Å². The Bertz CT molecular complexity index is 3580. The number of rotatable bonds is 47. The second kappa shape index (κ2) is 44.2. The fourth-order valence-electron chi connectivity index (χ4n) is 13.4. The number of aryl methyl sites for hydroxylation is 2. The summed E-state index contributed by atoms with van der Waals surface area (Å²) in [4.78, 5) is 79.9. The molecule has 104 heavy (non-hydrogen) atoms. The van der Waals surface area contributed by atoms with Crippen molar-refractivity contribution in [2.75, 3.05) is 44.7 Å². The van der Waals surface area contributed by atoms with Crippen molar-refractivity contribution >= 4 is 92.5 Å². The van der Waals surface area contributed by atoms with Gasteiger partial charge >= 0.3 is 23.8 Å². The number of ether oxygens (including phenoxy) is 2. The zero-order chi connectivity index (χ0) is 73.7. The Balaban J connectivity index is 0.737. The summed E-state index contributed by atoms with van der Waals surface area (Å²) in [5, 5.41) is 26.0. The van der Waals surface area contributed by atoms with Crippen LogP contribution in [0.1, 0.15) is 273 Å². The van der Waals surface area contributed by atoms with E-state index in [1.807, 2.05) is 62.4 Å². The fourth-order valence-corrected chi connectivity index (χ4v) is 13.4. The number of nitrogens with zero attached hydrogens (tertiary/aromatic N) is 6. The van der Waals surface area contributed by atoms with Crippen molar-refractivity contribution in [2.24, 2.45) is 32.2 Å². The largest absolute Gasteiger partial charge is 0.462 e. The average Bonchev–Trinajstić information content (AvgIpc) is 1.66. The summed E-state index contributed by atoms with van der Waals surface area (Å²) in [6, 6.07) is 42.4. The Kier molecular flexibility index (Phi) is 34.0. The summed E-state index contributed by atoms with van der Waals surface area (Å²) in [5.74, 6) is -0.809. The van der Waals surface area contributed by atoms with Gasteiger partial charge in [0.1, 0.15) is 0 Å². The van der Waals surface area contributed by atoms with Gasteiger partial charge < -0.3 is 20.1 Å². The number of anilines is 6. The minimum Gasteiger partial charge on any atom is -0.462 e. The molecule has 2 unspecified atom stereocenters. The number of para-hydroxylation sites is 2. The van der Waals surface area contributed by atoms with E-state index in [0.717, 1.165) is 61.5 Å². The number of carbonyl (C=O) groups excluding carboxylic acids is 6. The molecule has 0 aliphatic carbocycles. The first-order valence-corrected chi connectivity index (χ1v) is 38.7. The number of hydrogen-bond acceptors (Lipinski definition) is 14. The maximum Gasteiger partial charge on any atom is 0.340 e. The molecule has 0 bridgehead atoms. The lowest BCUT2D eigenvalue weighted by Crippen LogP contribution is -2.28. The van der Waals surface area contributed by atoms with E-state index < -0.39 is 23.8 Å². The van der Waals surface area contributed by atoms with E-state index in [4.69, 9.17) is 9.47 Å². The molecule has 2 atom stereocenters. The van der Waals surface area contributed by atoms with Crippen molar-refractivity contribution in [3.8, 4) is 0 Å². The second-order valence-electron chi connectivity index (χ2n) is 28.0. The molecule has 18 nitrogen and oxygen atoms in total. The van der Waals surface area contributed by atoms with Gasteiger partial charge in [-0.1, -0.05) is 253 Å². The Hall–Kier alpha value is -9.58. The van der Waals surface area contributed by atoms with Gasteiger partial charge in [0, 0.05) is 22.5 Å². The molecule has 6 aromatic rings. The third-order valence-electron chi connectivity index (χ3n) is 19.6. The van der Waals surface area contributed by atoms with Gasteiger partial charge in [-0.3, -0.25) is 30.0 Å². The average molecular weight is 1410 g/mol. The van der Waals surface area contributed by atoms with Crippen LogP contribution in [-0.4, -0.2) is 71.6 Å². The molecule has 2 heterocycles. The number of nitrogens with one attached hydrogen (secondary N) is 4. The van der Waals surface area contributed by atoms with E-state index >= 15 is 0 Å². The number of esters is 2. The Morgan fingerprint density at radius 1 is 0.385 bits per heavy atom. The van der Waals surface area contributed by atoms with Crippen LogP contribution in [0.5, 0.6) is 0 Å². The van der Waals surface area contributed by atoms with Crippen LogP contribution in [0.3, 0.4) is 0 Å². The molecule has 0 saturated carbocycles. The normalized spacial score (nSPS) is 14.2. The molecule has 0 saturated heterocycles. The monoisotopic (exact) mass is 1410 g/mol. The molecule has 18 heteroatoms. The second-order valence-corrected chi connectivity index (χ2v) is 28.0. The summed E-state index contributed by atoms with van der Waals surface area (Å²) in [7, 11) is 0. The van der Waals surface area contributed by atoms with Crippen LogP contribution in [0.4, 0.5) is 34.1 Å². The minimum atomic E-state index is -0.453. The maximum absolute atomic E-state index is 13.6. The first kappa shape index (κ1) is 80.1. The number of hydrogen-bond donors (Lipinski definition) is 4. The van der Waals surface area contributed by atoms with E-state index in [1.54, 1.807) is 111 Å². The predicted octanol–water partition coefficient (Wildman–Crippen LogP) is 21.2. The lowest BCUT2D eigenvalue weighted by atomic mass is 9.78. The molecule has 4 amide bonds. The molecule has 0 fully saturated rings. The van der Waals surface area contributed by atoms with Crippen molar-refractivity contribution in [2.45, 2.75) is 234 Å². The first-order chi connectivity index (χ1) is 50.7. The molecule has 0 aromatic heterocycles. The Morgan fingerprint density at radius 2 is 0.692 bits per heavy atom. The van der Waals surface area contributed by atoms with Crippen molar-refractivity contribution in [1.29, 1.82) is 0 Å². The molecule has 0 radical (unpaired) electrons. The van der Waals surface area contributed by atoms with Crippen molar-refractivity contribution in [3.05, 3.63) is 179 Å². The summed E-state index contributed by atoms with van der Waals surface area (Å²) < 4.78 is 11.6. The van der Waals surface area contributed by atoms with Gasteiger partial charge in [-0.15, -0.1) is 0 Å². The molecule has 6 aromatic carbocycles. The van der Waals surface area contributed by atoms with Gasteiger partial charge in [-0.25, -0.2) is 9.59 Å². The molecular formula is C86H112N10O8. The number of hydrazone groups is 4. The van der Waals surface area contributed by atoms with Crippen molar-refractivity contribution < 1.29 is 38.2 Å². The highest BCUT2D eigenvalue weighted by atomic mass is 16.5. The molecule has 8 rings (SSSR count). The van der Waals surface area contributed by atoms with E-state index in [-0.39, 0.29) is 23.2 Å². The molecule has 554 valence electrons. The summed E-state index contributed by atoms with van der Waals surface area (Å²) >= 11 is 0. The molecule has 2 aliphatic heterocycles. The van der Waals surface area contributed by atoms with Crippen LogP contribution < -0.4 is 31.5 Å². The third-order valence-corrected chi connectivity index (χ3v) is 19.6. The molecule has 0 spiro atoms. The molecule has 4 N–H and O–H groups in total. The van der Waals surface area contributed by atoms with E-state index in [2.05, 4.69) is 55.7 Å². The summed E-state index contributed by atoms with van der Waals surface area (Å²) in [6.07, 6.45) is 36.9. The van der Waals surface area contributed by atoms with Crippen LogP contribution in [0.15, 0.2) is 166 Å². The van der Waals surface area contributed by atoms with Gasteiger partial charge in [0.2, 0.25) is 0 Å². The third kappa shape index (κ3) is 26.0. The number of amides is 4. The van der Waals surface area contributed by atoms with Gasteiger partial charge in [-0.2, -0.15) is 30.4 Å². The van der Waals surface area contributed by atoms with E-state index in [0.29, 0.717) is 81.0 Å². The van der Waals surface area contributed by atoms with Gasteiger partial charge in [0.05, 0.1) is 58.5 Å². The first-order valence-electron chi connectivity index (χ1n) is 38.7. The quantitative estimate of drug-likeness (QED) is 0.0161. The van der Waals surface area contributed by atoms with Gasteiger partial charge in [0.25, 0.3) is 11.8 Å². The zero-order valence-corrected chi connectivity index (χ0v) is 62.6. The highest BCUT2D eigenvalue weighted by molar-refractivity contribution is 6.72. The van der Waals surface area contributed by atoms with Crippen LogP contribution in [0.25, 0.3) is 0 Å². The van der Waals surface area contributed by atoms with Crippen LogP contribution in [0, 0.1) is 25.7 Å². The zero-order valence-electron chi connectivity index (χ0n) is 62.6. The van der Waals surface area contributed by atoms with E-state index in [9.17, 15) is 28.8 Å². The topological polar surface area (TPSA) is 225 Å². The minimum absolute atomic E-state index is 0.105. The summed E-state index contributed by atoms with van der Waals surface area (Å²) in [5.41, 5.74) is 13.8. The summed E-state index contributed by atoms with van der Waals surface area (Å²) in [6.45, 7) is 12.6. The number of unbranched alkanes of at least 4 members (excludes halogenated alkanes) is 22. The molecular weight excluding hydrogens is 1300 g/mol. The van der Waals surface area contributed by atoms with Crippen LogP contribution in [-0.2, 0) is 19.1 Å². The fraction of sp³-hybridized carbons (Fsp3) is 0.465. The van der Waals surface area contributed by atoms with Gasteiger partial charge in [0.15, 0.2) is 11.4 Å². The number of benzene rings is 6. The highest BCUT2D eigenvalue weighted by Gasteiger charge is 2.33. The van der Waals surface area contributed by atoms with Crippen molar-refractivity contribution in [3.63, 3.8) is 0 Å². The molecule has 2 aliphatic rings. The Labute approximate surface area is 617 Å². The van der Waals surface area contributed by atoms with E-state index in [1.165, 1.54) is 164 Å². The number of carbonyl (C=O) groups is 6. The predicted molar refractivity (Wildman–Crippen MR) is 425 cm³/mol. The maximum atomic E-state index is 13.6. The lowest BCUT2D eigenvalue weighted by Gasteiger charge is -2.28. The smallest absolute Gasteiger partial charge is 0.340 e. The van der Waals surface area contributed by atoms with Crippen LogP contribution >= 0.6 is 0 Å². The van der Waals surface area contributed by atoms with Gasteiger partial charge in [-0.05, 0) is 149 Å². The highest BCUT2D eigenvalue weighted by Crippen LogP contribution is 2.35. The van der Waals surface area contributed by atoms with Crippen LogP contribution in [0.2, 0.25) is 0 Å².